The van der Waals surface area contributed by atoms with Gasteiger partial charge in [-0.2, -0.15) is 0 Å². The van der Waals surface area contributed by atoms with Gasteiger partial charge < -0.3 is 0 Å². The van der Waals surface area contributed by atoms with Crippen molar-refractivity contribution < 1.29 is 4.79 Å². The van der Waals surface area contributed by atoms with E-state index in [0.29, 0.717) is 5.02 Å². The average Bonchev–Trinajstić information content (AvgIpc) is 3.11. The Morgan fingerprint density at radius 3 is 2.65 bits per heavy atom. The van der Waals surface area contributed by atoms with E-state index in [0.717, 1.165) is 35.1 Å². The van der Waals surface area contributed by atoms with Gasteiger partial charge >= 0.3 is 0 Å². The minimum Gasteiger partial charge on any atom is -0.290 e. The number of anilines is 1. The van der Waals surface area contributed by atoms with E-state index < -0.39 is 0 Å². The number of hydrogen-bond donors (Lipinski definition) is 0. The van der Waals surface area contributed by atoms with Crippen molar-refractivity contribution in [3.05, 3.63) is 63.6 Å². The highest BCUT2D eigenvalue weighted by Gasteiger charge is 2.49. The van der Waals surface area contributed by atoms with E-state index in [1.54, 1.807) is 0 Å². The largest absolute Gasteiger partial charge is 0.290 e. The number of nitrogens with zero attached hydrogens (tertiary/aromatic N) is 2. The SMILES string of the molecule is O=C1C2CCCN2C(c2ccc(Br)cc2)N1c1cccc(Cl)c1. The number of halogens is 2. The predicted molar refractivity (Wildman–Crippen MR) is 95.5 cm³/mol. The number of carbonyl (C=O) groups is 1. The van der Waals surface area contributed by atoms with Crippen LogP contribution in [0.25, 0.3) is 0 Å². The first-order valence-corrected chi connectivity index (χ1v) is 8.92. The summed E-state index contributed by atoms with van der Waals surface area (Å²) in [5, 5.41) is 0.650. The first-order chi connectivity index (χ1) is 11.1. The Morgan fingerprint density at radius 1 is 1.13 bits per heavy atom. The zero-order chi connectivity index (χ0) is 16.0. The molecule has 0 aliphatic carbocycles. The Morgan fingerprint density at radius 2 is 1.91 bits per heavy atom. The Kier molecular flexibility index (Phi) is 3.92. The molecule has 3 nitrogen and oxygen atoms in total. The topological polar surface area (TPSA) is 23.6 Å². The van der Waals surface area contributed by atoms with Gasteiger partial charge in [-0.15, -0.1) is 0 Å². The molecule has 0 spiro atoms. The molecule has 0 bridgehead atoms. The summed E-state index contributed by atoms with van der Waals surface area (Å²) in [6.45, 7) is 0.953. The molecule has 4 rings (SSSR count). The van der Waals surface area contributed by atoms with Gasteiger partial charge in [0.05, 0.1) is 6.04 Å². The first kappa shape index (κ1) is 15.2. The van der Waals surface area contributed by atoms with Crippen LogP contribution >= 0.6 is 27.5 Å². The van der Waals surface area contributed by atoms with Crippen LogP contribution in [0.4, 0.5) is 5.69 Å². The summed E-state index contributed by atoms with van der Waals surface area (Å²) in [7, 11) is 0. The van der Waals surface area contributed by atoms with Gasteiger partial charge in [0.15, 0.2) is 0 Å². The monoisotopic (exact) mass is 390 g/mol. The lowest BCUT2D eigenvalue weighted by Crippen LogP contribution is -2.32. The van der Waals surface area contributed by atoms with Crippen molar-refractivity contribution in [2.45, 2.75) is 25.0 Å². The van der Waals surface area contributed by atoms with Crippen LogP contribution in [0.5, 0.6) is 0 Å². The molecular weight excluding hydrogens is 376 g/mol. The number of amides is 1. The van der Waals surface area contributed by atoms with E-state index in [4.69, 9.17) is 11.6 Å². The van der Waals surface area contributed by atoms with Crippen LogP contribution in [0.3, 0.4) is 0 Å². The number of hydrogen-bond acceptors (Lipinski definition) is 2. The molecule has 0 N–H and O–H groups in total. The third-order valence-electron chi connectivity index (χ3n) is 4.63. The maximum atomic E-state index is 13.0. The molecule has 2 heterocycles. The minimum atomic E-state index is -0.0541. The van der Waals surface area contributed by atoms with E-state index in [1.807, 2.05) is 41.3 Å². The first-order valence-electron chi connectivity index (χ1n) is 7.75. The highest BCUT2D eigenvalue weighted by atomic mass is 79.9. The van der Waals surface area contributed by atoms with E-state index in [9.17, 15) is 4.79 Å². The molecule has 0 radical (unpaired) electrons. The van der Waals surface area contributed by atoms with Gasteiger partial charge in [0.1, 0.15) is 6.17 Å². The van der Waals surface area contributed by atoms with E-state index >= 15 is 0 Å². The number of benzene rings is 2. The quantitative estimate of drug-likeness (QED) is 0.746. The Hall–Kier alpha value is -1.36. The summed E-state index contributed by atoms with van der Waals surface area (Å²) >= 11 is 9.63. The highest BCUT2D eigenvalue weighted by molar-refractivity contribution is 9.10. The van der Waals surface area contributed by atoms with Crippen LogP contribution < -0.4 is 4.90 Å². The molecule has 2 saturated heterocycles. The molecule has 2 atom stereocenters. The molecule has 2 aromatic rings. The molecule has 118 valence electrons. The Labute approximate surface area is 149 Å². The zero-order valence-electron chi connectivity index (χ0n) is 12.5. The van der Waals surface area contributed by atoms with E-state index in [2.05, 4.69) is 33.0 Å². The predicted octanol–water partition coefficient (Wildman–Crippen LogP) is 4.61. The summed E-state index contributed by atoms with van der Waals surface area (Å²) in [4.78, 5) is 17.2. The molecule has 2 aliphatic heterocycles. The number of rotatable bonds is 2. The smallest absolute Gasteiger partial charge is 0.246 e. The van der Waals surface area contributed by atoms with Crippen molar-refractivity contribution in [1.82, 2.24) is 4.90 Å². The van der Waals surface area contributed by atoms with Crippen LogP contribution in [0.2, 0.25) is 5.02 Å². The van der Waals surface area contributed by atoms with Gasteiger partial charge in [-0.3, -0.25) is 14.6 Å². The molecule has 2 aliphatic rings. The second-order valence-corrected chi connectivity index (χ2v) is 7.36. The molecular formula is C18H16BrClN2O. The number of carbonyl (C=O) groups excluding carboxylic acids is 1. The maximum Gasteiger partial charge on any atom is 0.246 e. The summed E-state index contributed by atoms with van der Waals surface area (Å²) in [6, 6.07) is 15.8. The van der Waals surface area contributed by atoms with Crippen molar-refractivity contribution in [1.29, 1.82) is 0 Å². The molecule has 2 fully saturated rings. The second-order valence-electron chi connectivity index (χ2n) is 6.01. The third-order valence-corrected chi connectivity index (χ3v) is 5.39. The third kappa shape index (κ3) is 2.59. The van der Waals surface area contributed by atoms with Crippen LogP contribution in [-0.2, 0) is 4.79 Å². The van der Waals surface area contributed by atoms with Crippen LogP contribution in [-0.4, -0.2) is 23.4 Å². The summed E-state index contributed by atoms with van der Waals surface area (Å²) in [5.41, 5.74) is 2.00. The fourth-order valence-corrected chi connectivity index (χ4v) is 4.10. The number of fused-ring (bicyclic) bond motifs is 1. The lowest BCUT2D eigenvalue weighted by atomic mass is 10.1. The normalized spacial score (nSPS) is 24.3. The van der Waals surface area contributed by atoms with Crippen LogP contribution in [0, 0.1) is 0 Å². The molecule has 1 amide bonds. The van der Waals surface area contributed by atoms with Crippen molar-refractivity contribution in [3.8, 4) is 0 Å². The average molecular weight is 392 g/mol. The van der Waals surface area contributed by atoms with Gasteiger partial charge in [0, 0.05) is 21.7 Å². The maximum absolute atomic E-state index is 13.0. The lowest BCUT2D eigenvalue weighted by Gasteiger charge is -2.30. The molecule has 0 saturated carbocycles. The minimum absolute atomic E-state index is 0.0115. The van der Waals surface area contributed by atoms with Crippen molar-refractivity contribution in [2.75, 3.05) is 11.4 Å². The second kappa shape index (κ2) is 5.93. The van der Waals surface area contributed by atoms with Crippen molar-refractivity contribution in [3.63, 3.8) is 0 Å². The standard InChI is InChI=1S/C18H16BrClN2O/c19-13-8-6-12(7-9-13)17-21-10-2-5-16(21)18(23)22(17)15-4-1-3-14(20)11-15/h1,3-4,6-9,11,16-17H,2,5,10H2. The summed E-state index contributed by atoms with van der Waals surface area (Å²) < 4.78 is 1.04. The lowest BCUT2D eigenvalue weighted by molar-refractivity contribution is -0.119. The van der Waals surface area contributed by atoms with E-state index in [1.165, 1.54) is 0 Å². The van der Waals surface area contributed by atoms with Gasteiger partial charge in [0.2, 0.25) is 5.91 Å². The molecule has 2 aromatic carbocycles. The van der Waals surface area contributed by atoms with Gasteiger partial charge in [-0.25, -0.2) is 0 Å². The van der Waals surface area contributed by atoms with Crippen molar-refractivity contribution in [2.24, 2.45) is 0 Å². The molecule has 0 aromatic heterocycles. The van der Waals surface area contributed by atoms with Crippen molar-refractivity contribution >= 4 is 39.1 Å². The Bertz CT molecular complexity index is 749. The Balaban J connectivity index is 1.81. The van der Waals surface area contributed by atoms with Crippen LogP contribution in [0.15, 0.2) is 53.0 Å². The summed E-state index contributed by atoms with van der Waals surface area (Å²) in [6.07, 6.45) is 1.96. The highest BCUT2D eigenvalue weighted by Crippen LogP contribution is 2.42. The van der Waals surface area contributed by atoms with Gasteiger partial charge in [-0.1, -0.05) is 45.7 Å². The fraction of sp³-hybridized carbons (Fsp3) is 0.278. The molecule has 2 unspecified atom stereocenters. The van der Waals surface area contributed by atoms with Crippen LogP contribution in [0.1, 0.15) is 24.6 Å². The molecule has 5 heteroatoms. The van der Waals surface area contributed by atoms with Gasteiger partial charge in [-0.05, 0) is 48.7 Å². The zero-order valence-corrected chi connectivity index (χ0v) is 14.8. The molecule has 23 heavy (non-hydrogen) atoms. The summed E-state index contributed by atoms with van der Waals surface area (Å²) in [5.74, 6) is 0.178. The fourth-order valence-electron chi connectivity index (χ4n) is 3.65. The van der Waals surface area contributed by atoms with E-state index in [-0.39, 0.29) is 18.1 Å². The van der Waals surface area contributed by atoms with Gasteiger partial charge in [0.25, 0.3) is 0 Å².